The molecule has 0 aromatic carbocycles. The van der Waals surface area contributed by atoms with Gasteiger partial charge in [0.25, 0.3) is 0 Å². The van der Waals surface area contributed by atoms with E-state index in [4.69, 9.17) is 16.1 Å². The number of halogens is 1. The molecule has 0 saturated carbocycles. The first-order chi connectivity index (χ1) is 6.09. The fourth-order valence-electron chi connectivity index (χ4n) is 0.941. The normalized spacial score (nSPS) is 10.8. The van der Waals surface area contributed by atoms with E-state index in [0.29, 0.717) is 23.8 Å². The summed E-state index contributed by atoms with van der Waals surface area (Å²) < 4.78 is 4.86. The Morgan fingerprint density at radius 1 is 1.69 bits per heavy atom. The Bertz CT molecular complexity index is 294. The van der Waals surface area contributed by atoms with Crippen molar-refractivity contribution in [3.63, 3.8) is 0 Å². The van der Waals surface area contributed by atoms with Gasteiger partial charge in [0.1, 0.15) is 11.5 Å². The van der Waals surface area contributed by atoms with E-state index in [1.54, 1.807) is 6.07 Å². The maximum absolute atomic E-state index is 11.2. The molecule has 3 nitrogen and oxygen atoms in total. The van der Waals surface area contributed by atoms with Crippen LogP contribution in [0.4, 0.5) is 0 Å². The van der Waals surface area contributed by atoms with E-state index in [2.05, 4.69) is 5.16 Å². The van der Waals surface area contributed by atoms with Gasteiger partial charge in [0.15, 0.2) is 5.15 Å². The summed E-state index contributed by atoms with van der Waals surface area (Å²) in [7, 11) is 0. The van der Waals surface area contributed by atoms with Gasteiger partial charge in [0.2, 0.25) is 0 Å². The smallest absolute Gasteiger partial charge is 0.172 e. The van der Waals surface area contributed by atoms with E-state index in [0.717, 1.165) is 0 Å². The number of aryl methyl sites for hydroxylation is 1. The molecule has 0 atom stereocenters. The molecule has 0 unspecified atom stereocenters. The fourth-order valence-corrected chi connectivity index (χ4v) is 1.10. The van der Waals surface area contributed by atoms with Crippen molar-refractivity contribution in [1.82, 2.24) is 5.16 Å². The fraction of sp³-hybridized carbons (Fsp3) is 0.556. The largest absolute Gasteiger partial charge is 0.360 e. The molecule has 0 bridgehead atoms. The molecule has 0 amide bonds. The Hall–Kier alpha value is -0.830. The highest BCUT2D eigenvalue weighted by Crippen LogP contribution is 2.11. The summed E-state index contributed by atoms with van der Waals surface area (Å²) in [5.74, 6) is 0.977. The summed E-state index contributed by atoms with van der Waals surface area (Å²) in [6, 6.07) is 1.63. The van der Waals surface area contributed by atoms with Crippen molar-refractivity contribution in [3.05, 3.63) is 17.0 Å². The van der Waals surface area contributed by atoms with Gasteiger partial charge < -0.3 is 4.52 Å². The van der Waals surface area contributed by atoms with E-state index in [1.165, 1.54) is 0 Å². The van der Waals surface area contributed by atoms with Crippen LogP contribution in [0.2, 0.25) is 5.15 Å². The van der Waals surface area contributed by atoms with Crippen LogP contribution in [0, 0.1) is 5.92 Å². The zero-order valence-corrected chi connectivity index (χ0v) is 8.47. The lowest BCUT2D eigenvalue weighted by Gasteiger charge is -2.00. The molecular weight excluding hydrogens is 190 g/mol. The first kappa shape index (κ1) is 10.3. The second kappa shape index (κ2) is 4.42. The van der Waals surface area contributed by atoms with Crippen LogP contribution in [0.3, 0.4) is 0 Å². The summed E-state index contributed by atoms with van der Waals surface area (Å²) in [5.41, 5.74) is 0. The predicted octanol–water partition coefficient (Wildman–Crippen LogP) is 2.49. The number of aromatic nitrogens is 1. The maximum Gasteiger partial charge on any atom is 0.172 e. The first-order valence-corrected chi connectivity index (χ1v) is 4.61. The molecule has 13 heavy (non-hydrogen) atoms. The van der Waals surface area contributed by atoms with Gasteiger partial charge >= 0.3 is 0 Å². The number of ketones is 1. The quantitative estimate of drug-likeness (QED) is 0.752. The number of rotatable bonds is 4. The monoisotopic (exact) mass is 201 g/mol. The zero-order chi connectivity index (χ0) is 9.84. The Labute approximate surface area is 82.1 Å². The molecule has 0 aliphatic rings. The molecule has 0 aliphatic carbocycles. The van der Waals surface area contributed by atoms with Crippen molar-refractivity contribution in [1.29, 1.82) is 0 Å². The Balaban J connectivity index is 2.39. The summed E-state index contributed by atoms with van der Waals surface area (Å²) in [6.07, 6.45) is 1.07. The van der Waals surface area contributed by atoms with Crippen molar-refractivity contribution < 1.29 is 9.32 Å². The van der Waals surface area contributed by atoms with Gasteiger partial charge in [-0.2, -0.15) is 0 Å². The molecule has 1 aromatic heterocycles. The third kappa shape index (κ3) is 3.19. The van der Waals surface area contributed by atoms with E-state index >= 15 is 0 Å². The van der Waals surface area contributed by atoms with Crippen molar-refractivity contribution in [3.8, 4) is 0 Å². The van der Waals surface area contributed by atoms with E-state index in [1.807, 2.05) is 13.8 Å². The molecule has 1 rings (SSSR count). The van der Waals surface area contributed by atoms with Crippen molar-refractivity contribution in [2.75, 3.05) is 0 Å². The van der Waals surface area contributed by atoms with Crippen LogP contribution < -0.4 is 0 Å². The highest BCUT2D eigenvalue weighted by atomic mass is 35.5. The average molecular weight is 202 g/mol. The second-order valence-corrected chi connectivity index (χ2v) is 3.62. The topological polar surface area (TPSA) is 43.1 Å². The first-order valence-electron chi connectivity index (χ1n) is 4.23. The van der Waals surface area contributed by atoms with Gasteiger partial charge in [0, 0.05) is 24.8 Å². The van der Waals surface area contributed by atoms with Gasteiger partial charge in [-0.1, -0.05) is 30.6 Å². The lowest BCUT2D eigenvalue weighted by Crippen LogP contribution is -2.07. The van der Waals surface area contributed by atoms with Gasteiger partial charge in [-0.05, 0) is 0 Å². The molecule has 1 aromatic rings. The minimum absolute atomic E-state index is 0.0818. The van der Waals surface area contributed by atoms with Crippen LogP contribution in [0.15, 0.2) is 10.6 Å². The molecule has 0 fully saturated rings. The van der Waals surface area contributed by atoms with Crippen LogP contribution in [0.25, 0.3) is 0 Å². The van der Waals surface area contributed by atoms with E-state index in [-0.39, 0.29) is 11.7 Å². The van der Waals surface area contributed by atoms with Crippen LogP contribution in [-0.4, -0.2) is 10.9 Å². The predicted molar refractivity (Wildman–Crippen MR) is 49.7 cm³/mol. The highest BCUT2D eigenvalue weighted by Gasteiger charge is 2.09. The molecule has 0 N–H and O–H groups in total. The Morgan fingerprint density at radius 2 is 2.38 bits per heavy atom. The van der Waals surface area contributed by atoms with Crippen molar-refractivity contribution in [2.24, 2.45) is 5.92 Å². The number of Topliss-reactive ketones (excluding diaryl/α,β-unsaturated/α-hetero) is 1. The summed E-state index contributed by atoms with van der Waals surface area (Å²) in [4.78, 5) is 11.2. The third-order valence-corrected chi connectivity index (χ3v) is 1.97. The standard InChI is InChI=1S/C9H12ClNO2/c1-6(2)8(12)4-3-7-5-9(10)11-13-7/h5-6H,3-4H2,1-2H3. The number of hydrogen-bond acceptors (Lipinski definition) is 3. The van der Waals surface area contributed by atoms with Gasteiger partial charge in [-0.3, -0.25) is 4.79 Å². The summed E-state index contributed by atoms with van der Waals surface area (Å²) in [5, 5.41) is 3.86. The molecule has 0 aliphatic heterocycles. The number of hydrogen-bond donors (Lipinski definition) is 0. The van der Waals surface area contributed by atoms with Gasteiger partial charge in [-0.15, -0.1) is 0 Å². The van der Waals surface area contributed by atoms with Gasteiger partial charge in [-0.25, -0.2) is 0 Å². The zero-order valence-electron chi connectivity index (χ0n) is 7.71. The minimum atomic E-state index is 0.0818. The van der Waals surface area contributed by atoms with E-state index in [9.17, 15) is 4.79 Å². The average Bonchev–Trinajstić information content (AvgIpc) is 2.47. The van der Waals surface area contributed by atoms with Crippen LogP contribution in [0.1, 0.15) is 26.0 Å². The molecule has 4 heteroatoms. The molecular formula is C9H12ClNO2. The lowest BCUT2D eigenvalue weighted by molar-refractivity contribution is -0.121. The molecule has 0 radical (unpaired) electrons. The van der Waals surface area contributed by atoms with Crippen molar-refractivity contribution >= 4 is 17.4 Å². The van der Waals surface area contributed by atoms with Crippen LogP contribution in [-0.2, 0) is 11.2 Å². The lowest BCUT2D eigenvalue weighted by atomic mass is 10.0. The van der Waals surface area contributed by atoms with Crippen LogP contribution >= 0.6 is 11.6 Å². The van der Waals surface area contributed by atoms with E-state index < -0.39 is 0 Å². The van der Waals surface area contributed by atoms with Crippen LogP contribution in [0.5, 0.6) is 0 Å². The molecule has 1 heterocycles. The highest BCUT2D eigenvalue weighted by molar-refractivity contribution is 6.29. The molecule has 72 valence electrons. The summed E-state index contributed by atoms with van der Waals surface area (Å²) in [6.45, 7) is 3.77. The van der Waals surface area contributed by atoms with Crippen molar-refractivity contribution in [2.45, 2.75) is 26.7 Å². The second-order valence-electron chi connectivity index (χ2n) is 3.24. The SMILES string of the molecule is CC(C)C(=O)CCc1cc(Cl)no1. The summed E-state index contributed by atoms with van der Waals surface area (Å²) >= 11 is 5.55. The minimum Gasteiger partial charge on any atom is -0.360 e. The Morgan fingerprint density at radius 3 is 2.85 bits per heavy atom. The molecule has 0 spiro atoms. The van der Waals surface area contributed by atoms with Gasteiger partial charge in [0.05, 0.1) is 0 Å². The molecule has 0 saturated heterocycles. The number of nitrogens with zero attached hydrogens (tertiary/aromatic N) is 1. The number of carbonyl (C=O) groups is 1. The third-order valence-electron chi connectivity index (χ3n) is 1.79. The Kier molecular flexibility index (Phi) is 3.48. The number of carbonyl (C=O) groups excluding carboxylic acids is 1. The maximum atomic E-state index is 11.2.